The fourth-order valence-electron chi connectivity index (χ4n) is 5.18. The number of aryl methyl sites for hydroxylation is 1. The Bertz CT molecular complexity index is 1050. The number of piperidine rings is 1. The topological polar surface area (TPSA) is 105 Å². The molecule has 8 heteroatoms. The lowest BCUT2D eigenvalue weighted by atomic mass is 9.72. The van der Waals surface area contributed by atoms with Crippen LogP contribution in [0.3, 0.4) is 0 Å². The maximum absolute atomic E-state index is 15.5. The number of hydrogen-bond donors (Lipinski definition) is 3. The molecule has 0 aliphatic carbocycles. The van der Waals surface area contributed by atoms with Crippen molar-refractivity contribution in [3.05, 3.63) is 59.4 Å². The van der Waals surface area contributed by atoms with Crippen LogP contribution in [-0.2, 0) is 21.6 Å². The molecule has 1 fully saturated rings. The molecular formula is C28H38FN3O4. The van der Waals surface area contributed by atoms with E-state index in [0.29, 0.717) is 49.2 Å². The normalized spacial score (nSPS) is 17.4. The first-order chi connectivity index (χ1) is 17.3. The number of hydrogen-bond acceptors (Lipinski definition) is 5. The molecule has 7 nitrogen and oxygen atoms in total. The number of benzene rings is 2. The largest absolute Gasteiger partial charge is 0.453 e. The highest BCUT2D eigenvalue weighted by atomic mass is 19.1. The van der Waals surface area contributed by atoms with Gasteiger partial charge in [-0.2, -0.15) is 0 Å². The zero-order valence-electron chi connectivity index (χ0n) is 21.3. The SMILES string of the molecule is CCc1cccc(-c2c(F)cccc2[C@](O)(CCCNC(=O)OC)[C@@H]2CCCN(C(=O)CCN)C2)c1. The number of nitrogens with one attached hydrogen (secondary N) is 1. The van der Waals surface area contributed by atoms with E-state index >= 15 is 4.39 Å². The Balaban J connectivity index is 2.03. The van der Waals surface area contributed by atoms with E-state index in [1.807, 2.05) is 31.2 Å². The van der Waals surface area contributed by atoms with Crippen molar-refractivity contribution in [1.29, 1.82) is 0 Å². The number of halogens is 1. The predicted octanol–water partition coefficient (Wildman–Crippen LogP) is 3.97. The molecular weight excluding hydrogens is 461 g/mol. The molecule has 0 saturated carbocycles. The van der Waals surface area contributed by atoms with Crippen molar-refractivity contribution >= 4 is 12.0 Å². The van der Waals surface area contributed by atoms with Crippen molar-refractivity contribution in [3.63, 3.8) is 0 Å². The maximum Gasteiger partial charge on any atom is 0.406 e. The smallest absolute Gasteiger partial charge is 0.406 e. The van der Waals surface area contributed by atoms with E-state index in [9.17, 15) is 14.7 Å². The Kier molecular flexibility index (Phi) is 9.84. The molecule has 2 aromatic rings. The van der Waals surface area contributed by atoms with Crippen molar-refractivity contribution in [1.82, 2.24) is 10.2 Å². The van der Waals surface area contributed by atoms with Gasteiger partial charge in [0.15, 0.2) is 0 Å². The van der Waals surface area contributed by atoms with E-state index < -0.39 is 17.5 Å². The minimum Gasteiger partial charge on any atom is -0.453 e. The molecule has 1 aliphatic rings. The summed E-state index contributed by atoms with van der Waals surface area (Å²) in [5.41, 5.74) is 6.85. The number of alkyl carbamates (subject to hydrolysis) is 1. The van der Waals surface area contributed by atoms with Crippen LogP contribution in [0.5, 0.6) is 0 Å². The molecule has 36 heavy (non-hydrogen) atoms. The molecule has 2 amide bonds. The van der Waals surface area contributed by atoms with E-state index in [1.54, 1.807) is 17.0 Å². The third-order valence-corrected chi connectivity index (χ3v) is 7.10. The van der Waals surface area contributed by atoms with Crippen LogP contribution in [0.4, 0.5) is 9.18 Å². The van der Waals surface area contributed by atoms with E-state index in [4.69, 9.17) is 5.73 Å². The first-order valence-corrected chi connectivity index (χ1v) is 12.7. The molecule has 196 valence electrons. The maximum atomic E-state index is 15.5. The zero-order valence-corrected chi connectivity index (χ0v) is 21.3. The van der Waals surface area contributed by atoms with Crippen LogP contribution in [0.2, 0.25) is 0 Å². The number of nitrogens with two attached hydrogens (primary N) is 1. The summed E-state index contributed by atoms with van der Waals surface area (Å²) in [4.78, 5) is 25.9. The lowest BCUT2D eigenvalue weighted by molar-refractivity contribution is -0.136. The third kappa shape index (κ3) is 6.42. The molecule has 4 N–H and O–H groups in total. The molecule has 0 aromatic heterocycles. The third-order valence-electron chi connectivity index (χ3n) is 7.10. The van der Waals surface area contributed by atoms with E-state index in [0.717, 1.165) is 18.4 Å². The number of rotatable bonds is 10. The van der Waals surface area contributed by atoms with Gasteiger partial charge in [0.1, 0.15) is 5.82 Å². The van der Waals surface area contributed by atoms with Crippen molar-refractivity contribution in [2.75, 3.05) is 33.3 Å². The summed E-state index contributed by atoms with van der Waals surface area (Å²) >= 11 is 0. The van der Waals surface area contributed by atoms with Gasteiger partial charge in [-0.05, 0) is 54.9 Å². The van der Waals surface area contributed by atoms with Gasteiger partial charge in [-0.15, -0.1) is 0 Å². The van der Waals surface area contributed by atoms with E-state index in [-0.39, 0.29) is 31.2 Å². The van der Waals surface area contributed by atoms with Gasteiger partial charge in [-0.3, -0.25) is 4.79 Å². The van der Waals surface area contributed by atoms with Gasteiger partial charge in [0.05, 0.1) is 12.7 Å². The molecule has 2 aromatic carbocycles. The number of ether oxygens (including phenoxy) is 1. The van der Waals surface area contributed by atoms with E-state index in [1.165, 1.54) is 13.2 Å². The minimum atomic E-state index is -1.42. The number of nitrogens with zero attached hydrogens (tertiary/aromatic N) is 1. The van der Waals surface area contributed by atoms with Crippen LogP contribution in [-0.4, -0.2) is 55.3 Å². The molecule has 1 aliphatic heterocycles. The van der Waals surface area contributed by atoms with Gasteiger partial charge < -0.3 is 25.8 Å². The highest BCUT2D eigenvalue weighted by Crippen LogP contribution is 2.44. The zero-order chi connectivity index (χ0) is 26.1. The van der Waals surface area contributed by atoms with Gasteiger partial charge >= 0.3 is 6.09 Å². The highest BCUT2D eigenvalue weighted by Gasteiger charge is 2.43. The molecule has 2 atom stereocenters. The molecule has 1 heterocycles. The Hall–Kier alpha value is -2.97. The molecule has 0 bridgehead atoms. The fourth-order valence-corrected chi connectivity index (χ4v) is 5.18. The van der Waals surface area contributed by atoms with Gasteiger partial charge in [0.2, 0.25) is 5.91 Å². The summed E-state index contributed by atoms with van der Waals surface area (Å²) in [6, 6.07) is 12.5. The van der Waals surface area contributed by atoms with Gasteiger partial charge in [0.25, 0.3) is 0 Å². The quantitative estimate of drug-likeness (QED) is 0.429. The Morgan fingerprint density at radius 1 is 1.28 bits per heavy atom. The number of carbonyl (C=O) groups is 2. The summed E-state index contributed by atoms with van der Waals surface area (Å²) < 4.78 is 20.1. The molecule has 1 saturated heterocycles. The second-order valence-corrected chi connectivity index (χ2v) is 9.38. The summed E-state index contributed by atoms with van der Waals surface area (Å²) in [6.45, 7) is 3.59. The molecule has 0 unspecified atom stereocenters. The molecule has 0 spiro atoms. The van der Waals surface area contributed by atoms with Gasteiger partial charge in [0, 0.05) is 44.1 Å². The summed E-state index contributed by atoms with van der Waals surface area (Å²) in [5.74, 6) is -0.744. The monoisotopic (exact) mass is 499 g/mol. The summed E-state index contributed by atoms with van der Waals surface area (Å²) in [7, 11) is 1.30. The summed E-state index contributed by atoms with van der Waals surface area (Å²) in [5, 5.41) is 15.0. The second kappa shape index (κ2) is 12.8. The van der Waals surface area contributed by atoms with Crippen LogP contribution >= 0.6 is 0 Å². The standard InChI is InChI=1S/C28H38FN3O4/c1-3-20-8-4-9-21(18-20)26-23(11-5-12-24(26)29)28(35,14-7-16-31-27(34)36-2)22-10-6-17-32(19-22)25(33)13-15-30/h4-5,8-9,11-12,18,22,35H,3,6-7,10,13-17,19,30H2,1-2H3,(H,31,34)/t22-,28+/m1/s1. The Morgan fingerprint density at radius 3 is 2.78 bits per heavy atom. The van der Waals surface area contributed by atoms with Crippen molar-refractivity contribution < 1.29 is 23.8 Å². The number of amides is 2. The number of carbonyl (C=O) groups excluding carboxylic acids is 2. The Morgan fingerprint density at radius 2 is 2.06 bits per heavy atom. The van der Waals surface area contributed by atoms with Crippen LogP contribution in [0.15, 0.2) is 42.5 Å². The van der Waals surface area contributed by atoms with Crippen LogP contribution < -0.4 is 11.1 Å². The lowest BCUT2D eigenvalue weighted by Gasteiger charge is -2.43. The van der Waals surface area contributed by atoms with Crippen molar-refractivity contribution in [3.8, 4) is 11.1 Å². The number of aliphatic hydroxyl groups is 1. The predicted molar refractivity (Wildman–Crippen MR) is 138 cm³/mol. The summed E-state index contributed by atoms with van der Waals surface area (Å²) in [6.07, 6.45) is 2.68. The van der Waals surface area contributed by atoms with Gasteiger partial charge in [-0.1, -0.05) is 43.3 Å². The first-order valence-electron chi connectivity index (χ1n) is 12.7. The molecule has 0 radical (unpaired) electrons. The highest BCUT2D eigenvalue weighted by molar-refractivity contribution is 5.76. The second-order valence-electron chi connectivity index (χ2n) is 9.38. The minimum absolute atomic E-state index is 0.0352. The van der Waals surface area contributed by atoms with Crippen molar-refractivity contribution in [2.24, 2.45) is 11.7 Å². The Labute approximate surface area is 212 Å². The lowest BCUT2D eigenvalue weighted by Crippen LogP contribution is -2.49. The fraction of sp³-hybridized carbons (Fsp3) is 0.500. The van der Waals surface area contributed by atoms with E-state index in [2.05, 4.69) is 10.1 Å². The van der Waals surface area contributed by atoms with Crippen molar-refractivity contribution in [2.45, 2.75) is 51.0 Å². The van der Waals surface area contributed by atoms with Crippen LogP contribution in [0, 0.1) is 11.7 Å². The number of likely N-dealkylation sites (tertiary alicyclic amines) is 1. The van der Waals surface area contributed by atoms with Gasteiger partial charge in [-0.25, -0.2) is 9.18 Å². The number of methoxy groups -OCH3 is 1. The van der Waals surface area contributed by atoms with Crippen LogP contribution in [0.1, 0.15) is 50.2 Å². The average molecular weight is 500 g/mol. The van der Waals surface area contributed by atoms with Crippen LogP contribution in [0.25, 0.3) is 11.1 Å². The average Bonchev–Trinajstić information content (AvgIpc) is 2.90. The first kappa shape index (κ1) is 27.6. The molecule has 3 rings (SSSR count).